The Hall–Kier alpha value is -1.44. The van der Waals surface area contributed by atoms with E-state index < -0.39 is 18.1 Å². The average molecular weight is 302 g/mol. The molecule has 0 aliphatic carbocycles. The predicted molar refractivity (Wildman–Crippen MR) is 72.5 cm³/mol. The zero-order valence-electron chi connectivity index (χ0n) is 11.2. The van der Waals surface area contributed by atoms with E-state index in [4.69, 9.17) is 5.11 Å². The summed E-state index contributed by atoms with van der Waals surface area (Å²) in [6.07, 6.45) is 0.441. The fourth-order valence-corrected chi connectivity index (χ4v) is 4.43. The number of aliphatic carboxylic acids is 1. The van der Waals surface area contributed by atoms with Crippen LogP contribution in [-0.2, 0) is 9.59 Å². The number of rotatable bonds is 2. The van der Waals surface area contributed by atoms with Gasteiger partial charge in [-0.05, 0) is 12.8 Å². The number of amides is 2. The van der Waals surface area contributed by atoms with Crippen LogP contribution in [0.2, 0.25) is 0 Å². The second-order valence-electron chi connectivity index (χ2n) is 5.14. The maximum atomic E-state index is 11.4. The van der Waals surface area contributed by atoms with Crippen molar-refractivity contribution in [3.8, 4) is 0 Å². The quantitative estimate of drug-likeness (QED) is 0.781. The van der Waals surface area contributed by atoms with E-state index in [9.17, 15) is 19.5 Å². The number of carboxylic acid groups (broad SMARTS) is 2. The molecule has 0 radical (unpaired) electrons. The number of thioether (sulfide) groups is 1. The number of piperidine rings is 1. The van der Waals surface area contributed by atoms with Crippen LogP contribution in [0.3, 0.4) is 0 Å². The van der Waals surface area contributed by atoms with E-state index in [1.54, 1.807) is 4.90 Å². The highest BCUT2D eigenvalue weighted by atomic mass is 32.2. The molecule has 20 heavy (non-hydrogen) atoms. The molecule has 112 valence electrons. The Labute approximate surface area is 120 Å². The Balaban J connectivity index is 2.13. The highest BCUT2D eigenvalue weighted by molar-refractivity contribution is 8.00. The SMILES string of the molecule is CC(=O)N1CCCC([C@H]2SCC(C(=O)O)N2C(=O)O)C1. The van der Waals surface area contributed by atoms with Gasteiger partial charge in [-0.25, -0.2) is 9.59 Å². The average Bonchev–Trinajstić information content (AvgIpc) is 2.83. The van der Waals surface area contributed by atoms with Crippen LogP contribution in [0.1, 0.15) is 19.8 Å². The summed E-state index contributed by atoms with van der Waals surface area (Å²) in [5.74, 6) is -0.864. The predicted octanol–water partition coefficient (Wildman–Crippen LogP) is 0.751. The molecule has 0 saturated carbocycles. The Morgan fingerprint density at radius 1 is 1.25 bits per heavy atom. The summed E-state index contributed by atoms with van der Waals surface area (Å²) < 4.78 is 0. The molecule has 0 aromatic carbocycles. The van der Waals surface area contributed by atoms with Crippen LogP contribution in [0.25, 0.3) is 0 Å². The standard InChI is InChI=1S/C12H18N2O5S/c1-7(15)13-4-2-3-8(5-13)10-14(12(18)19)9(6-20-10)11(16)17/h8-10H,2-6H2,1H3,(H,16,17)(H,18,19)/t8?,9?,10-/m1/s1. The van der Waals surface area contributed by atoms with Gasteiger partial charge in [0.2, 0.25) is 5.91 Å². The lowest BCUT2D eigenvalue weighted by Crippen LogP contribution is -2.51. The van der Waals surface area contributed by atoms with Gasteiger partial charge in [0, 0.05) is 31.7 Å². The molecule has 2 saturated heterocycles. The summed E-state index contributed by atoms with van der Waals surface area (Å²) in [6.45, 7) is 2.70. The molecule has 8 heteroatoms. The molecule has 0 aromatic rings. The van der Waals surface area contributed by atoms with Gasteiger partial charge in [-0.2, -0.15) is 0 Å². The number of carbonyl (C=O) groups is 3. The van der Waals surface area contributed by atoms with Crippen LogP contribution >= 0.6 is 11.8 Å². The minimum absolute atomic E-state index is 0.00176. The van der Waals surface area contributed by atoms with E-state index in [0.29, 0.717) is 13.1 Å². The molecule has 2 rings (SSSR count). The molecule has 2 fully saturated rings. The summed E-state index contributed by atoms with van der Waals surface area (Å²) >= 11 is 1.36. The van der Waals surface area contributed by atoms with Crippen LogP contribution in [0.15, 0.2) is 0 Å². The minimum Gasteiger partial charge on any atom is -0.480 e. The third-order valence-corrected chi connectivity index (χ3v) is 5.31. The van der Waals surface area contributed by atoms with Crippen molar-refractivity contribution >= 4 is 29.7 Å². The molecule has 2 N–H and O–H groups in total. The van der Waals surface area contributed by atoms with Gasteiger partial charge < -0.3 is 15.1 Å². The van der Waals surface area contributed by atoms with Gasteiger partial charge in [0.1, 0.15) is 6.04 Å². The molecule has 3 atom stereocenters. The van der Waals surface area contributed by atoms with Gasteiger partial charge in [-0.15, -0.1) is 11.8 Å². The molecule has 7 nitrogen and oxygen atoms in total. The van der Waals surface area contributed by atoms with Gasteiger partial charge in [0.05, 0.1) is 5.37 Å². The number of hydrogen-bond acceptors (Lipinski definition) is 4. The van der Waals surface area contributed by atoms with Gasteiger partial charge in [0.15, 0.2) is 0 Å². The molecule has 2 amide bonds. The molecular weight excluding hydrogens is 284 g/mol. The lowest BCUT2D eigenvalue weighted by Gasteiger charge is -2.37. The van der Waals surface area contributed by atoms with E-state index >= 15 is 0 Å². The van der Waals surface area contributed by atoms with Crippen LogP contribution < -0.4 is 0 Å². The normalized spacial score (nSPS) is 30.4. The van der Waals surface area contributed by atoms with E-state index in [-0.39, 0.29) is 23.0 Å². The molecule has 0 spiro atoms. The second-order valence-corrected chi connectivity index (χ2v) is 6.28. The summed E-state index contributed by atoms with van der Waals surface area (Å²) in [5, 5.41) is 18.0. The molecule has 0 aromatic heterocycles. The van der Waals surface area contributed by atoms with Gasteiger partial charge in [0.25, 0.3) is 0 Å². The van der Waals surface area contributed by atoms with Crippen molar-refractivity contribution in [2.24, 2.45) is 5.92 Å². The van der Waals surface area contributed by atoms with Crippen molar-refractivity contribution in [1.29, 1.82) is 0 Å². The Morgan fingerprint density at radius 3 is 2.50 bits per heavy atom. The topological polar surface area (TPSA) is 98.2 Å². The van der Waals surface area contributed by atoms with Crippen LogP contribution in [0.5, 0.6) is 0 Å². The first-order valence-electron chi connectivity index (χ1n) is 6.53. The lowest BCUT2D eigenvalue weighted by atomic mass is 9.96. The highest BCUT2D eigenvalue weighted by Crippen LogP contribution is 2.37. The van der Waals surface area contributed by atoms with Crippen LogP contribution in [0.4, 0.5) is 4.79 Å². The highest BCUT2D eigenvalue weighted by Gasteiger charge is 2.46. The molecule has 2 aliphatic heterocycles. The van der Waals surface area contributed by atoms with E-state index in [2.05, 4.69) is 0 Å². The Bertz CT molecular complexity index is 430. The number of likely N-dealkylation sites (tertiary alicyclic amines) is 1. The number of nitrogens with zero attached hydrogens (tertiary/aromatic N) is 2. The van der Waals surface area contributed by atoms with E-state index in [0.717, 1.165) is 17.7 Å². The van der Waals surface area contributed by atoms with E-state index in [1.807, 2.05) is 0 Å². The van der Waals surface area contributed by atoms with Gasteiger partial charge in [-0.1, -0.05) is 0 Å². The van der Waals surface area contributed by atoms with Crippen molar-refractivity contribution in [3.63, 3.8) is 0 Å². The fourth-order valence-electron chi connectivity index (χ4n) is 2.85. The fraction of sp³-hybridized carbons (Fsp3) is 0.750. The van der Waals surface area contributed by atoms with Gasteiger partial charge in [-0.3, -0.25) is 9.69 Å². The number of carbonyl (C=O) groups excluding carboxylic acids is 1. The van der Waals surface area contributed by atoms with Crippen LogP contribution in [0, 0.1) is 5.92 Å². The first-order valence-corrected chi connectivity index (χ1v) is 7.58. The maximum Gasteiger partial charge on any atom is 0.408 e. The first kappa shape index (κ1) is 15.0. The summed E-state index contributed by atoms with van der Waals surface area (Å²) in [4.78, 5) is 36.7. The summed E-state index contributed by atoms with van der Waals surface area (Å²) in [5.41, 5.74) is 0. The molecule has 2 heterocycles. The van der Waals surface area contributed by atoms with Crippen molar-refractivity contribution in [2.45, 2.75) is 31.2 Å². The monoisotopic (exact) mass is 302 g/mol. The molecule has 2 aliphatic rings. The number of carboxylic acids is 1. The molecule has 0 bridgehead atoms. The maximum absolute atomic E-state index is 11.4. The van der Waals surface area contributed by atoms with Crippen molar-refractivity contribution in [3.05, 3.63) is 0 Å². The first-order chi connectivity index (χ1) is 9.41. The summed E-state index contributed by atoms with van der Waals surface area (Å²) in [6, 6.07) is -0.991. The third kappa shape index (κ3) is 2.84. The molecular formula is C12H18N2O5S. The van der Waals surface area contributed by atoms with Crippen molar-refractivity contribution in [2.75, 3.05) is 18.8 Å². The van der Waals surface area contributed by atoms with Crippen molar-refractivity contribution < 1.29 is 24.6 Å². The zero-order chi connectivity index (χ0) is 14.9. The van der Waals surface area contributed by atoms with E-state index in [1.165, 1.54) is 18.7 Å². The molecule has 2 unspecified atom stereocenters. The number of hydrogen-bond donors (Lipinski definition) is 2. The zero-order valence-corrected chi connectivity index (χ0v) is 12.0. The minimum atomic E-state index is -1.20. The Kier molecular flexibility index (Phi) is 4.42. The van der Waals surface area contributed by atoms with Crippen molar-refractivity contribution in [1.82, 2.24) is 9.80 Å². The van der Waals surface area contributed by atoms with Crippen LogP contribution in [-0.4, -0.2) is 68.2 Å². The third-order valence-electron chi connectivity index (χ3n) is 3.85. The Morgan fingerprint density at radius 2 is 1.95 bits per heavy atom. The van der Waals surface area contributed by atoms with Gasteiger partial charge >= 0.3 is 12.1 Å². The largest absolute Gasteiger partial charge is 0.480 e. The smallest absolute Gasteiger partial charge is 0.408 e. The summed E-state index contributed by atoms with van der Waals surface area (Å²) in [7, 11) is 0. The lowest BCUT2D eigenvalue weighted by molar-refractivity contribution is -0.142. The second kappa shape index (κ2) is 5.90.